The number of hydrogen-bond donors (Lipinski definition) is 2. The lowest BCUT2D eigenvalue weighted by Crippen LogP contribution is -2.56. The lowest BCUT2D eigenvalue weighted by atomic mass is 10.0. The van der Waals surface area contributed by atoms with Crippen LogP contribution in [0.25, 0.3) is 0 Å². The minimum absolute atomic E-state index is 0.119. The molecule has 0 rings (SSSR count). The van der Waals surface area contributed by atoms with Crippen LogP contribution < -0.4 is 5.32 Å². The minimum Gasteiger partial charge on any atom is -0.480 e. The molecule has 0 atom stereocenters. The van der Waals surface area contributed by atoms with Crippen molar-refractivity contribution in [3.63, 3.8) is 0 Å². The first kappa shape index (κ1) is 14.6. The Labute approximate surface area is 92.4 Å². The van der Waals surface area contributed by atoms with E-state index in [1.807, 2.05) is 5.32 Å². The van der Waals surface area contributed by atoms with Gasteiger partial charge in [0.2, 0.25) is 0 Å². The molecular weight excluding hydrogens is 222 g/mol. The number of hydrogen-bond acceptors (Lipinski definition) is 2. The van der Waals surface area contributed by atoms with Crippen LogP contribution >= 0.6 is 0 Å². The molecule has 2 amide bonds. The number of amides is 2. The molecule has 0 aliphatic rings. The van der Waals surface area contributed by atoms with Gasteiger partial charge in [-0.25, -0.2) is 18.4 Å². The summed E-state index contributed by atoms with van der Waals surface area (Å²) in [6.07, 6.45) is -2.66. The number of carbonyl (C=O) groups excluding carboxylic acids is 1. The molecule has 2 N–H and O–H groups in total. The fraction of sp³-hybridized carbons (Fsp3) is 0.778. The van der Waals surface area contributed by atoms with Crippen LogP contribution in [0.1, 0.15) is 20.8 Å². The zero-order valence-corrected chi connectivity index (χ0v) is 9.46. The van der Waals surface area contributed by atoms with Gasteiger partial charge in [-0.3, -0.25) is 0 Å². The van der Waals surface area contributed by atoms with Crippen LogP contribution in [-0.2, 0) is 4.79 Å². The zero-order valence-electron chi connectivity index (χ0n) is 9.46. The maximum absolute atomic E-state index is 11.9. The molecule has 7 heteroatoms. The van der Waals surface area contributed by atoms with E-state index in [0.717, 1.165) is 4.90 Å². The third-order valence-electron chi connectivity index (χ3n) is 2.17. The van der Waals surface area contributed by atoms with Crippen molar-refractivity contribution in [2.45, 2.75) is 32.7 Å². The van der Waals surface area contributed by atoms with Gasteiger partial charge in [-0.05, 0) is 20.8 Å². The Morgan fingerprint density at radius 1 is 1.44 bits per heavy atom. The first-order chi connectivity index (χ1) is 7.23. The second-order valence-corrected chi connectivity index (χ2v) is 3.69. The fourth-order valence-electron chi connectivity index (χ4n) is 1.17. The molecular formula is C9H16F2N2O3. The van der Waals surface area contributed by atoms with E-state index < -0.39 is 30.5 Å². The maximum atomic E-state index is 11.9. The number of carboxylic acid groups (broad SMARTS) is 1. The second-order valence-electron chi connectivity index (χ2n) is 3.69. The molecule has 5 nitrogen and oxygen atoms in total. The summed E-state index contributed by atoms with van der Waals surface area (Å²) in [4.78, 5) is 23.3. The maximum Gasteiger partial charge on any atom is 0.329 e. The summed E-state index contributed by atoms with van der Waals surface area (Å²) >= 11 is 0. The van der Waals surface area contributed by atoms with Crippen molar-refractivity contribution in [1.29, 1.82) is 0 Å². The number of carbonyl (C=O) groups is 2. The number of rotatable bonds is 5. The van der Waals surface area contributed by atoms with Crippen LogP contribution in [0.15, 0.2) is 0 Å². The van der Waals surface area contributed by atoms with Gasteiger partial charge >= 0.3 is 12.0 Å². The number of likely N-dealkylation sites (N-methyl/N-ethyl adjacent to an activating group) is 1. The van der Waals surface area contributed by atoms with Gasteiger partial charge in [-0.2, -0.15) is 0 Å². The highest BCUT2D eigenvalue weighted by Crippen LogP contribution is 2.14. The number of aliphatic carboxylic acids is 1. The summed E-state index contributed by atoms with van der Waals surface area (Å²) in [6.45, 7) is 3.58. The third kappa shape index (κ3) is 3.63. The van der Waals surface area contributed by atoms with Crippen molar-refractivity contribution in [1.82, 2.24) is 10.2 Å². The van der Waals surface area contributed by atoms with Gasteiger partial charge in [0.25, 0.3) is 6.43 Å². The molecule has 0 unspecified atom stereocenters. The molecule has 94 valence electrons. The van der Waals surface area contributed by atoms with Crippen molar-refractivity contribution in [3.8, 4) is 0 Å². The van der Waals surface area contributed by atoms with E-state index in [2.05, 4.69) is 0 Å². The molecule has 0 radical (unpaired) electrons. The summed E-state index contributed by atoms with van der Waals surface area (Å²) in [5.74, 6) is -1.19. The molecule has 0 spiro atoms. The van der Waals surface area contributed by atoms with Gasteiger partial charge < -0.3 is 15.3 Å². The topological polar surface area (TPSA) is 69.6 Å². The van der Waals surface area contributed by atoms with E-state index in [0.29, 0.717) is 0 Å². The van der Waals surface area contributed by atoms with Crippen molar-refractivity contribution in [2.24, 2.45) is 0 Å². The third-order valence-corrected chi connectivity index (χ3v) is 2.17. The number of nitrogens with zero attached hydrogens (tertiary/aromatic N) is 1. The summed E-state index contributed by atoms with van der Waals surface area (Å²) in [6, 6.07) is -0.810. The lowest BCUT2D eigenvalue weighted by Gasteiger charge is -2.34. The van der Waals surface area contributed by atoms with E-state index in [9.17, 15) is 18.4 Å². The van der Waals surface area contributed by atoms with Crippen LogP contribution in [-0.4, -0.2) is 47.1 Å². The molecule has 0 saturated heterocycles. The normalized spacial score (nSPS) is 11.4. The van der Waals surface area contributed by atoms with Crippen LogP contribution in [0.3, 0.4) is 0 Å². The highest BCUT2D eigenvalue weighted by atomic mass is 19.3. The van der Waals surface area contributed by atoms with Gasteiger partial charge in [0.15, 0.2) is 0 Å². The summed E-state index contributed by atoms with van der Waals surface area (Å²) in [5.41, 5.74) is -1.43. The SMILES string of the molecule is CCN(C(=O)NCC(F)F)C(C)(C)C(=O)O. The first-order valence-corrected chi connectivity index (χ1v) is 4.80. The van der Waals surface area contributed by atoms with E-state index in [4.69, 9.17) is 5.11 Å². The van der Waals surface area contributed by atoms with Crippen LogP contribution in [0.2, 0.25) is 0 Å². The quantitative estimate of drug-likeness (QED) is 0.754. The Bertz CT molecular complexity index is 269. The van der Waals surface area contributed by atoms with Crippen molar-refractivity contribution in [3.05, 3.63) is 0 Å². The van der Waals surface area contributed by atoms with Crippen molar-refractivity contribution >= 4 is 12.0 Å². The molecule has 0 fully saturated rings. The van der Waals surface area contributed by atoms with Gasteiger partial charge in [0.1, 0.15) is 5.54 Å². The van der Waals surface area contributed by atoms with E-state index >= 15 is 0 Å². The van der Waals surface area contributed by atoms with E-state index in [-0.39, 0.29) is 6.54 Å². The summed E-state index contributed by atoms with van der Waals surface area (Å²) < 4.78 is 23.7. The average Bonchev–Trinajstić information content (AvgIpc) is 2.15. The van der Waals surface area contributed by atoms with Crippen molar-refractivity contribution in [2.75, 3.05) is 13.1 Å². The number of alkyl halides is 2. The Morgan fingerprint density at radius 3 is 2.25 bits per heavy atom. The number of carboxylic acids is 1. The van der Waals surface area contributed by atoms with Crippen LogP contribution in [0.4, 0.5) is 13.6 Å². The van der Waals surface area contributed by atoms with Crippen LogP contribution in [0, 0.1) is 0 Å². The molecule has 0 aliphatic heterocycles. The molecule has 0 aromatic carbocycles. The first-order valence-electron chi connectivity index (χ1n) is 4.80. The number of nitrogens with one attached hydrogen (secondary N) is 1. The van der Waals surface area contributed by atoms with Gasteiger partial charge in [-0.1, -0.05) is 0 Å². The molecule has 0 aromatic rings. The summed E-state index contributed by atoms with van der Waals surface area (Å²) in [7, 11) is 0. The second kappa shape index (κ2) is 5.62. The molecule has 16 heavy (non-hydrogen) atoms. The fourth-order valence-corrected chi connectivity index (χ4v) is 1.17. The lowest BCUT2D eigenvalue weighted by molar-refractivity contribution is -0.147. The van der Waals surface area contributed by atoms with Crippen molar-refractivity contribution < 1.29 is 23.5 Å². The molecule has 0 bridgehead atoms. The molecule has 0 heterocycles. The molecule has 0 aliphatic carbocycles. The largest absolute Gasteiger partial charge is 0.480 e. The highest BCUT2D eigenvalue weighted by Gasteiger charge is 2.36. The Kier molecular flexibility index (Phi) is 5.13. The smallest absolute Gasteiger partial charge is 0.329 e. The monoisotopic (exact) mass is 238 g/mol. The number of urea groups is 1. The molecule has 0 aromatic heterocycles. The Hall–Kier alpha value is -1.40. The Balaban J connectivity index is 4.61. The average molecular weight is 238 g/mol. The predicted molar refractivity (Wildman–Crippen MR) is 53.5 cm³/mol. The van der Waals surface area contributed by atoms with Crippen LogP contribution in [0.5, 0.6) is 0 Å². The predicted octanol–water partition coefficient (Wildman–Crippen LogP) is 1.15. The van der Waals surface area contributed by atoms with Gasteiger partial charge in [0, 0.05) is 6.54 Å². The minimum atomic E-state index is -2.66. The summed E-state index contributed by atoms with van der Waals surface area (Å²) in [5, 5.41) is 10.9. The van der Waals surface area contributed by atoms with Gasteiger partial charge in [-0.15, -0.1) is 0 Å². The van der Waals surface area contributed by atoms with E-state index in [1.54, 1.807) is 6.92 Å². The van der Waals surface area contributed by atoms with E-state index in [1.165, 1.54) is 13.8 Å². The molecule has 0 saturated carbocycles. The number of halogens is 2. The Morgan fingerprint density at radius 2 is 1.94 bits per heavy atom. The standard InChI is InChI=1S/C9H16F2N2O3/c1-4-13(9(2,3)7(14)15)8(16)12-5-6(10)11/h6H,4-5H2,1-3H3,(H,12,16)(H,14,15). The zero-order chi connectivity index (χ0) is 12.9. The van der Waals surface area contributed by atoms with Gasteiger partial charge in [0.05, 0.1) is 6.54 Å². The highest BCUT2D eigenvalue weighted by molar-refractivity contribution is 5.85.